The van der Waals surface area contributed by atoms with Gasteiger partial charge in [0.1, 0.15) is 5.88 Å². The predicted octanol–water partition coefficient (Wildman–Crippen LogP) is 1.58. The molecule has 1 aliphatic rings. The Kier molecular flexibility index (Phi) is 3.72. The van der Waals surface area contributed by atoms with E-state index >= 15 is 0 Å². The van der Waals surface area contributed by atoms with Crippen LogP contribution < -0.4 is 0 Å². The molecule has 0 saturated carbocycles. The summed E-state index contributed by atoms with van der Waals surface area (Å²) in [5, 5.41) is 1.09. The van der Waals surface area contributed by atoms with Crippen molar-refractivity contribution in [3.05, 3.63) is 0 Å². The van der Waals surface area contributed by atoms with E-state index in [2.05, 4.69) is 13.8 Å². The summed E-state index contributed by atoms with van der Waals surface area (Å²) < 4.78 is 0. The van der Waals surface area contributed by atoms with Crippen LogP contribution in [-0.2, 0) is 4.79 Å². The molecule has 0 aliphatic carbocycles. The van der Waals surface area contributed by atoms with E-state index < -0.39 is 0 Å². The Balaban J connectivity index is 2.49. The lowest BCUT2D eigenvalue weighted by Crippen LogP contribution is -2.44. The monoisotopic (exact) mass is 207 g/mol. The number of hydrogen-bond donors (Lipinski definition) is 0. The first-order chi connectivity index (χ1) is 5.63. The fraction of sp³-hybridized carbons (Fsp3) is 0.875. The standard InChI is InChI=1S/C8H14ClNOS/c1-6-4-10(8(11)3-9)5-7(2)12-6/h6-7H,3-5H2,1-2H3. The lowest BCUT2D eigenvalue weighted by Gasteiger charge is -2.34. The molecule has 1 rings (SSSR count). The van der Waals surface area contributed by atoms with Crippen LogP contribution in [0.1, 0.15) is 13.8 Å². The Morgan fingerprint density at radius 3 is 2.42 bits per heavy atom. The molecule has 0 N–H and O–H groups in total. The highest BCUT2D eigenvalue weighted by atomic mass is 35.5. The third kappa shape index (κ3) is 2.56. The second-order valence-corrected chi connectivity index (χ2v) is 5.34. The summed E-state index contributed by atoms with van der Waals surface area (Å²) in [5.74, 6) is 0.181. The number of halogens is 1. The molecule has 0 spiro atoms. The van der Waals surface area contributed by atoms with Crippen LogP contribution in [0.3, 0.4) is 0 Å². The van der Waals surface area contributed by atoms with Crippen molar-refractivity contribution >= 4 is 29.3 Å². The maximum absolute atomic E-state index is 11.2. The van der Waals surface area contributed by atoms with E-state index in [0.717, 1.165) is 13.1 Å². The van der Waals surface area contributed by atoms with E-state index in [4.69, 9.17) is 11.6 Å². The molecule has 0 aromatic rings. The van der Waals surface area contributed by atoms with Crippen LogP contribution >= 0.6 is 23.4 Å². The van der Waals surface area contributed by atoms with Crippen LogP contribution in [0.5, 0.6) is 0 Å². The van der Waals surface area contributed by atoms with Crippen LogP contribution in [0.2, 0.25) is 0 Å². The molecular weight excluding hydrogens is 194 g/mol. The molecule has 2 unspecified atom stereocenters. The molecule has 1 fully saturated rings. The first-order valence-electron chi connectivity index (χ1n) is 4.12. The number of hydrogen-bond acceptors (Lipinski definition) is 2. The maximum atomic E-state index is 11.2. The first-order valence-corrected chi connectivity index (χ1v) is 5.60. The van der Waals surface area contributed by atoms with Crippen molar-refractivity contribution in [2.75, 3.05) is 19.0 Å². The van der Waals surface area contributed by atoms with Gasteiger partial charge in [-0.25, -0.2) is 0 Å². The molecule has 4 heteroatoms. The fourth-order valence-electron chi connectivity index (χ4n) is 1.47. The number of carbonyl (C=O) groups is 1. The van der Waals surface area contributed by atoms with Gasteiger partial charge in [0.15, 0.2) is 0 Å². The molecule has 1 heterocycles. The van der Waals surface area contributed by atoms with Gasteiger partial charge >= 0.3 is 0 Å². The van der Waals surface area contributed by atoms with Crippen LogP contribution in [0, 0.1) is 0 Å². The number of rotatable bonds is 1. The molecule has 2 nitrogen and oxygen atoms in total. The second kappa shape index (κ2) is 4.38. The smallest absolute Gasteiger partial charge is 0.237 e. The lowest BCUT2D eigenvalue weighted by molar-refractivity contribution is -0.128. The third-order valence-corrected chi connectivity index (χ3v) is 3.34. The summed E-state index contributed by atoms with van der Waals surface area (Å²) >= 11 is 7.42. The van der Waals surface area contributed by atoms with Gasteiger partial charge in [-0.2, -0.15) is 11.8 Å². The summed E-state index contributed by atoms with van der Waals surface area (Å²) in [7, 11) is 0. The SMILES string of the molecule is CC1CN(C(=O)CCl)CC(C)S1. The Bertz CT molecular complexity index is 166. The first kappa shape index (κ1) is 10.2. The quantitative estimate of drug-likeness (QED) is 0.609. The van der Waals surface area contributed by atoms with Gasteiger partial charge in [0.2, 0.25) is 5.91 Å². The van der Waals surface area contributed by atoms with Gasteiger partial charge in [0.25, 0.3) is 0 Å². The van der Waals surface area contributed by atoms with E-state index in [-0.39, 0.29) is 11.8 Å². The topological polar surface area (TPSA) is 20.3 Å². The fourth-order valence-corrected chi connectivity index (χ4v) is 2.96. The molecule has 1 amide bonds. The average molecular weight is 208 g/mol. The minimum absolute atomic E-state index is 0.0654. The molecule has 0 aromatic heterocycles. The maximum Gasteiger partial charge on any atom is 0.237 e. The molecule has 0 aromatic carbocycles. The number of thioether (sulfide) groups is 1. The van der Waals surface area contributed by atoms with E-state index in [0.29, 0.717) is 10.5 Å². The van der Waals surface area contributed by atoms with Gasteiger partial charge in [0.05, 0.1) is 0 Å². The van der Waals surface area contributed by atoms with E-state index in [1.807, 2.05) is 16.7 Å². The molecule has 1 saturated heterocycles. The van der Waals surface area contributed by atoms with E-state index in [9.17, 15) is 4.79 Å². The molecule has 0 radical (unpaired) electrons. The van der Waals surface area contributed by atoms with Crippen LogP contribution in [0.25, 0.3) is 0 Å². The predicted molar refractivity (Wildman–Crippen MR) is 53.8 cm³/mol. The minimum atomic E-state index is 0.0654. The lowest BCUT2D eigenvalue weighted by atomic mass is 10.3. The zero-order valence-electron chi connectivity index (χ0n) is 7.42. The van der Waals surface area contributed by atoms with Crippen molar-refractivity contribution in [1.29, 1.82) is 0 Å². The van der Waals surface area contributed by atoms with Gasteiger partial charge < -0.3 is 4.90 Å². The average Bonchev–Trinajstić information content (AvgIpc) is 2.01. The van der Waals surface area contributed by atoms with Gasteiger partial charge in [-0.1, -0.05) is 13.8 Å². The van der Waals surface area contributed by atoms with Gasteiger partial charge in [-0.05, 0) is 0 Å². The number of carbonyl (C=O) groups excluding carboxylic acids is 1. The second-order valence-electron chi connectivity index (χ2n) is 3.19. The highest BCUT2D eigenvalue weighted by Crippen LogP contribution is 2.24. The van der Waals surface area contributed by atoms with Crippen molar-refractivity contribution in [3.63, 3.8) is 0 Å². The summed E-state index contributed by atoms with van der Waals surface area (Å²) in [6, 6.07) is 0. The molecule has 2 atom stereocenters. The van der Waals surface area contributed by atoms with Crippen molar-refractivity contribution in [1.82, 2.24) is 4.90 Å². The van der Waals surface area contributed by atoms with Crippen molar-refractivity contribution in [3.8, 4) is 0 Å². The van der Waals surface area contributed by atoms with Crippen molar-refractivity contribution in [2.45, 2.75) is 24.3 Å². The Hall–Kier alpha value is 0.110. The zero-order chi connectivity index (χ0) is 9.14. The third-order valence-electron chi connectivity index (χ3n) is 1.89. The molecule has 12 heavy (non-hydrogen) atoms. The largest absolute Gasteiger partial charge is 0.339 e. The van der Waals surface area contributed by atoms with Gasteiger partial charge in [-0.3, -0.25) is 4.79 Å². The van der Waals surface area contributed by atoms with Crippen LogP contribution in [0.4, 0.5) is 0 Å². The highest BCUT2D eigenvalue weighted by Gasteiger charge is 2.24. The number of nitrogens with zero attached hydrogens (tertiary/aromatic N) is 1. The highest BCUT2D eigenvalue weighted by molar-refractivity contribution is 8.00. The number of alkyl halides is 1. The van der Waals surface area contributed by atoms with Crippen molar-refractivity contribution < 1.29 is 4.79 Å². The zero-order valence-corrected chi connectivity index (χ0v) is 8.99. The molecular formula is C8H14ClNOS. The Morgan fingerprint density at radius 1 is 1.50 bits per heavy atom. The van der Waals surface area contributed by atoms with E-state index in [1.54, 1.807) is 0 Å². The number of amides is 1. The molecule has 70 valence electrons. The Morgan fingerprint density at radius 2 is 2.00 bits per heavy atom. The minimum Gasteiger partial charge on any atom is -0.339 e. The van der Waals surface area contributed by atoms with Gasteiger partial charge in [0, 0.05) is 23.6 Å². The Labute approximate surface area is 82.6 Å². The summed E-state index contributed by atoms with van der Waals surface area (Å²) in [4.78, 5) is 13.1. The normalized spacial score (nSPS) is 30.4. The summed E-state index contributed by atoms with van der Waals surface area (Å²) in [5.41, 5.74) is 0. The summed E-state index contributed by atoms with van der Waals surface area (Å²) in [6.07, 6.45) is 0. The van der Waals surface area contributed by atoms with Gasteiger partial charge in [-0.15, -0.1) is 11.6 Å². The van der Waals surface area contributed by atoms with Crippen LogP contribution in [-0.4, -0.2) is 40.3 Å². The summed E-state index contributed by atoms with van der Waals surface area (Å²) in [6.45, 7) is 5.99. The molecule has 0 bridgehead atoms. The van der Waals surface area contributed by atoms with E-state index in [1.165, 1.54) is 0 Å². The van der Waals surface area contributed by atoms with Crippen molar-refractivity contribution in [2.24, 2.45) is 0 Å². The van der Waals surface area contributed by atoms with Crippen LogP contribution in [0.15, 0.2) is 0 Å². The molecule has 1 aliphatic heterocycles.